The molecule has 0 fully saturated rings. The molecule has 1 aromatic carbocycles. The Hall–Kier alpha value is -0.570. The van der Waals surface area contributed by atoms with E-state index in [1.54, 1.807) is 0 Å². The van der Waals surface area contributed by atoms with Gasteiger partial charge in [-0.25, -0.2) is 0 Å². The van der Waals surface area contributed by atoms with Gasteiger partial charge >= 0.3 is 0 Å². The summed E-state index contributed by atoms with van der Waals surface area (Å²) < 4.78 is 0. The first kappa shape index (κ1) is 12.5. The maximum Gasteiger partial charge on any atom is 0.0450 e. The molecule has 0 atom stereocenters. The smallest absolute Gasteiger partial charge is 0.0450 e. The third-order valence-electron chi connectivity index (χ3n) is 2.13. The second kappa shape index (κ2) is 6.83. The van der Waals surface area contributed by atoms with E-state index in [1.165, 1.54) is 0 Å². The number of hydrogen-bond donors (Lipinski definition) is 2. The zero-order valence-electron chi connectivity index (χ0n) is 9.39. The molecule has 0 radical (unpaired) electrons. The molecule has 0 aliphatic carbocycles. The Morgan fingerprint density at radius 2 is 1.93 bits per heavy atom. The maximum atomic E-state index is 6.03. The number of halogens is 1. The van der Waals surface area contributed by atoms with Gasteiger partial charge in [0, 0.05) is 30.7 Å². The molecule has 0 bridgehead atoms. The molecule has 0 aromatic heterocycles. The van der Waals surface area contributed by atoms with Crippen LogP contribution < -0.4 is 10.6 Å². The molecule has 0 amide bonds. The van der Waals surface area contributed by atoms with Crippen LogP contribution in [0.2, 0.25) is 5.02 Å². The fraction of sp³-hybridized carbons (Fsp3) is 0.500. The number of nitrogens with one attached hydrogen (secondary N) is 2. The predicted molar refractivity (Wildman–Crippen MR) is 66.3 cm³/mol. The van der Waals surface area contributed by atoms with Gasteiger partial charge in [-0.15, -0.1) is 0 Å². The van der Waals surface area contributed by atoms with Gasteiger partial charge in [0.15, 0.2) is 0 Å². The van der Waals surface area contributed by atoms with Crippen molar-refractivity contribution in [3.8, 4) is 0 Å². The van der Waals surface area contributed by atoms with E-state index in [4.69, 9.17) is 11.6 Å². The van der Waals surface area contributed by atoms with Crippen LogP contribution in [0.15, 0.2) is 24.3 Å². The van der Waals surface area contributed by atoms with Crippen LogP contribution in [0, 0.1) is 0 Å². The molecule has 1 rings (SSSR count). The summed E-state index contributed by atoms with van der Waals surface area (Å²) in [6.45, 7) is 7.08. The van der Waals surface area contributed by atoms with Crippen molar-refractivity contribution in [2.45, 2.75) is 26.4 Å². The van der Waals surface area contributed by atoms with E-state index in [9.17, 15) is 0 Å². The second-order valence-electron chi connectivity index (χ2n) is 3.88. The first-order chi connectivity index (χ1) is 7.20. The van der Waals surface area contributed by atoms with Crippen molar-refractivity contribution in [1.29, 1.82) is 0 Å². The number of hydrogen-bond acceptors (Lipinski definition) is 2. The van der Waals surface area contributed by atoms with E-state index in [0.29, 0.717) is 6.04 Å². The first-order valence-electron chi connectivity index (χ1n) is 5.37. The first-order valence-corrected chi connectivity index (χ1v) is 5.75. The average molecular weight is 227 g/mol. The Bertz CT molecular complexity index is 287. The molecule has 0 aliphatic rings. The summed E-state index contributed by atoms with van der Waals surface area (Å²) in [7, 11) is 0. The Morgan fingerprint density at radius 1 is 1.20 bits per heavy atom. The van der Waals surface area contributed by atoms with Crippen molar-refractivity contribution in [2.75, 3.05) is 13.1 Å². The molecule has 0 saturated carbocycles. The van der Waals surface area contributed by atoms with Gasteiger partial charge in [-0.2, -0.15) is 0 Å². The Morgan fingerprint density at radius 3 is 2.60 bits per heavy atom. The highest BCUT2D eigenvalue weighted by Crippen LogP contribution is 2.13. The summed E-state index contributed by atoms with van der Waals surface area (Å²) in [5.41, 5.74) is 1.16. The molecule has 0 aliphatic heterocycles. The molecule has 15 heavy (non-hydrogen) atoms. The van der Waals surface area contributed by atoms with Gasteiger partial charge in [-0.3, -0.25) is 0 Å². The highest BCUT2D eigenvalue weighted by molar-refractivity contribution is 6.31. The molecule has 0 unspecified atom stereocenters. The van der Waals surface area contributed by atoms with Crippen molar-refractivity contribution >= 4 is 11.6 Å². The summed E-state index contributed by atoms with van der Waals surface area (Å²) in [5, 5.41) is 7.54. The molecule has 1 aromatic rings. The van der Waals surface area contributed by atoms with Crippen molar-refractivity contribution < 1.29 is 0 Å². The minimum atomic E-state index is 0.548. The molecule has 0 spiro atoms. The van der Waals surface area contributed by atoms with E-state index in [2.05, 4.69) is 24.5 Å². The van der Waals surface area contributed by atoms with Crippen LogP contribution in [0.3, 0.4) is 0 Å². The Kier molecular flexibility index (Phi) is 5.69. The van der Waals surface area contributed by atoms with Crippen LogP contribution in [0.25, 0.3) is 0 Å². The normalized spacial score (nSPS) is 10.9. The Labute approximate surface area is 97.0 Å². The van der Waals surface area contributed by atoms with Gasteiger partial charge in [0.2, 0.25) is 0 Å². The lowest BCUT2D eigenvalue weighted by molar-refractivity contribution is 0.556. The highest BCUT2D eigenvalue weighted by atomic mass is 35.5. The number of benzene rings is 1. The molecule has 2 N–H and O–H groups in total. The summed E-state index contributed by atoms with van der Waals surface area (Å²) in [6.07, 6.45) is 0. The van der Waals surface area contributed by atoms with Gasteiger partial charge in [0.1, 0.15) is 0 Å². The SMILES string of the molecule is CC(C)NCCNCc1ccccc1Cl. The largest absolute Gasteiger partial charge is 0.313 e. The lowest BCUT2D eigenvalue weighted by Crippen LogP contribution is -2.31. The van der Waals surface area contributed by atoms with Crippen LogP contribution >= 0.6 is 11.6 Å². The van der Waals surface area contributed by atoms with Crippen molar-refractivity contribution in [3.05, 3.63) is 34.9 Å². The maximum absolute atomic E-state index is 6.03. The van der Waals surface area contributed by atoms with E-state index in [1.807, 2.05) is 24.3 Å². The lowest BCUT2D eigenvalue weighted by Gasteiger charge is -2.09. The van der Waals surface area contributed by atoms with E-state index in [0.717, 1.165) is 30.2 Å². The van der Waals surface area contributed by atoms with Crippen molar-refractivity contribution in [2.24, 2.45) is 0 Å². The molecular weight excluding hydrogens is 208 g/mol. The fourth-order valence-electron chi connectivity index (χ4n) is 1.31. The molecule has 84 valence electrons. The highest BCUT2D eigenvalue weighted by Gasteiger charge is 1.97. The van der Waals surface area contributed by atoms with Crippen molar-refractivity contribution in [1.82, 2.24) is 10.6 Å². The zero-order valence-corrected chi connectivity index (χ0v) is 10.1. The van der Waals surface area contributed by atoms with Gasteiger partial charge in [0.25, 0.3) is 0 Å². The summed E-state index contributed by atoms with van der Waals surface area (Å²) >= 11 is 6.03. The van der Waals surface area contributed by atoms with Crippen molar-refractivity contribution in [3.63, 3.8) is 0 Å². The molecule has 0 saturated heterocycles. The number of rotatable bonds is 6. The van der Waals surface area contributed by atoms with Gasteiger partial charge < -0.3 is 10.6 Å². The summed E-state index contributed by atoms with van der Waals surface area (Å²) in [6, 6.07) is 8.48. The topological polar surface area (TPSA) is 24.1 Å². The summed E-state index contributed by atoms with van der Waals surface area (Å²) in [4.78, 5) is 0. The standard InChI is InChI=1S/C12H19ClN2/c1-10(2)15-8-7-14-9-11-5-3-4-6-12(11)13/h3-6,10,14-15H,7-9H2,1-2H3. The molecule has 2 nitrogen and oxygen atoms in total. The van der Waals surface area contributed by atoms with Crippen LogP contribution in [0.5, 0.6) is 0 Å². The van der Waals surface area contributed by atoms with Crippen LogP contribution in [-0.2, 0) is 6.54 Å². The quantitative estimate of drug-likeness (QED) is 0.729. The summed E-state index contributed by atoms with van der Waals surface area (Å²) in [5.74, 6) is 0. The molecule has 0 heterocycles. The van der Waals surface area contributed by atoms with Crippen LogP contribution in [0.1, 0.15) is 19.4 Å². The third kappa shape index (κ3) is 5.17. The zero-order chi connectivity index (χ0) is 11.1. The third-order valence-corrected chi connectivity index (χ3v) is 2.50. The van der Waals surface area contributed by atoms with Gasteiger partial charge in [0.05, 0.1) is 0 Å². The van der Waals surface area contributed by atoms with E-state index in [-0.39, 0.29) is 0 Å². The Balaban J connectivity index is 2.18. The van der Waals surface area contributed by atoms with E-state index >= 15 is 0 Å². The monoisotopic (exact) mass is 226 g/mol. The minimum absolute atomic E-state index is 0.548. The molecule has 3 heteroatoms. The molecular formula is C12H19ClN2. The average Bonchev–Trinajstić information content (AvgIpc) is 2.20. The predicted octanol–water partition coefficient (Wildman–Crippen LogP) is 2.43. The van der Waals surface area contributed by atoms with E-state index < -0.39 is 0 Å². The van der Waals surface area contributed by atoms with Gasteiger partial charge in [-0.05, 0) is 11.6 Å². The van der Waals surface area contributed by atoms with Gasteiger partial charge in [-0.1, -0.05) is 43.6 Å². The minimum Gasteiger partial charge on any atom is -0.313 e. The van der Waals surface area contributed by atoms with Crippen LogP contribution in [0.4, 0.5) is 0 Å². The fourth-order valence-corrected chi connectivity index (χ4v) is 1.52. The lowest BCUT2D eigenvalue weighted by atomic mass is 10.2. The second-order valence-corrected chi connectivity index (χ2v) is 4.28. The van der Waals surface area contributed by atoms with Crippen LogP contribution in [-0.4, -0.2) is 19.1 Å².